The summed E-state index contributed by atoms with van der Waals surface area (Å²) in [5, 5.41) is 8.05. The van der Waals surface area contributed by atoms with Crippen molar-refractivity contribution in [3.8, 4) is 0 Å². The molecule has 5 aromatic carbocycles. The molecule has 7 rings (SSSR count). The van der Waals surface area contributed by atoms with E-state index in [0.29, 0.717) is 0 Å². The second-order valence-corrected chi connectivity index (χ2v) is 17.0. The fourth-order valence-electron chi connectivity index (χ4n) is 7.16. The first-order valence-corrected chi connectivity index (χ1v) is 22.0. The van der Waals surface area contributed by atoms with Crippen molar-refractivity contribution in [1.82, 2.24) is 0 Å². The fraction of sp³-hybridized carbons (Fsp3) is 0.286. The van der Waals surface area contributed by atoms with E-state index in [1.807, 2.05) is 0 Å². The molecule has 0 aliphatic heterocycles. The maximum Gasteiger partial charge on any atom is 3.00 e. The summed E-state index contributed by atoms with van der Waals surface area (Å²) in [4.78, 5) is 0. The molecule has 5 aromatic rings. The van der Waals surface area contributed by atoms with Crippen LogP contribution in [0.5, 0.6) is 0 Å². The van der Waals surface area contributed by atoms with Crippen LogP contribution >= 0.6 is 17.0 Å². The average Bonchev–Trinajstić information content (AvgIpc) is 3.73. The van der Waals surface area contributed by atoms with Gasteiger partial charge in [0.25, 0.3) is 0 Å². The van der Waals surface area contributed by atoms with Crippen LogP contribution in [0.4, 0.5) is 0 Å². The van der Waals surface area contributed by atoms with E-state index in [4.69, 9.17) is 17.0 Å². The SMILES string of the molecule is CC1=C(C)C(C)(C)C(C2=C(C)C(C)=C(C)C2(C)C)=C1C.[Cl-].[Cl-].[Cl][Zr][Cl].[Zr+3].c1ccc2[cH-]ccc2c1.c1ccc2c(c1)[cH-]c1ccccc12. The zero-order valence-corrected chi connectivity index (χ0v) is 37.7. The van der Waals surface area contributed by atoms with E-state index in [0.717, 1.165) is 0 Å². The Morgan fingerprint density at radius 1 is 0.521 bits per heavy atom. The number of hydrogen-bond donors (Lipinski definition) is 0. The third kappa shape index (κ3) is 9.08. The molecule has 0 heterocycles. The quantitative estimate of drug-likeness (QED) is 0.150. The van der Waals surface area contributed by atoms with Crippen molar-refractivity contribution in [3.63, 3.8) is 0 Å². The van der Waals surface area contributed by atoms with Crippen LogP contribution in [0.3, 0.4) is 0 Å². The van der Waals surface area contributed by atoms with Crippen molar-refractivity contribution in [2.24, 2.45) is 10.8 Å². The summed E-state index contributed by atoms with van der Waals surface area (Å²) in [5.74, 6) is 0. The molecule has 251 valence electrons. The van der Waals surface area contributed by atoms with Gasteiger partial charge < -0.3 is 24.8 Å². The average molecular weight is 875 g/mol. The molecule has 48 heavy (non-hydrogen) atoms. The van der Waals surface area contributed by atoms with Crippen LogP contribution in [0.15, 0.2) is 142 Å². The number of benzene rings is 3. The third-order valence-corrected chi connectivity index (χ3v) is 10.4. The molecule has 0 aromatic heterocycles. The summed E-state index contributed by atoms with van der Waals surface area (Å²) in [6.07, 6.45) is 0. The topological polar surface area (TPSA) is 0 Å². The molecule has 0 nitrogen and oxygen atoms in total. The third-order valence-electron chi connectivity index (χ3n) is 10.4. The number of halogens is 4. The van der Waals surface area contributed by atoms with Crippen LogP contribution in [0.2, 0.25) is 0 Å². The molecule has 0 saturated carbocycles. The maximum absolute atomic E-state index is 4.93. The van der Waals surface area contributed by atoms with Gasteiger partial charge in [0.1, 0.15) is 0 Å². The summed E-state index contributed by atoms with van der Waals surface area (Å²) >= 11 is -0.826. The van der Waals surface area contributed by atoms with E-state index in [1.54, 1.807) is 11.1 Å². The fourth-order valence-corrected chi connectivity index (χ4v) is 7.16. The first-order valence-electron chi connectivity index (χ1n) is 15.7. The number of allylic oxidation sites excluding steroid dienone is 8. The van der Waals surface area contributed by atoms with Gasteiger partial charge in [0.2, 0.25) is 0 Å². The zero-order chi connectivity index (χ0) is 33.1. The number of hydrogen-bond acceptors (Lipinski definition) is 0. The first kappa shape index (κ1) is 45.0. The van der Waals surface area contributed by atoms with Gasteiger partial charge in [-0.2, -0.15) is 17.5 Å². The van der Waals surface area contributed by atoms with Crippen LogP contribution in [-0.2, 0) is 47.1 Å². The summed E-state index contributed by atoms with van der Waals surface area (Å²) in [7, 11) is 9.87. The molecule has 0 bridgehead atoms. The monoisotopic (exact) mass is 870 g/mol. The second-order valence-electron chi connectivity index (χ2n) is 13.3. The van der Waals surface area contributed by atoms with Gasteiger partial charge in [-0.3, -0.25) is 0 Å². The molecule has 0 amide bonds. The van der Waals surface area contributed by atoms with Crippen molar-refractivity contribution >= 4 is 49.3 Å². The predicted octanol–water partition coefficient (Wildman–Crippen LogP) is 8.02. The van der Waals surface area contributed by atoms with E-state index < -0.39 is 20.8 Å². The van der Waals surface area contributed by atoms with Crippen molar-refractivity contribution in [2.75, 3.05) is 0 Å². The van der Waals surface area contributed by atoms with Gasteiger partial charge in [-0.1, -0.05) is 81.3 Å². The second kappa shape index (κ2) is 19.0. The molecule has 6 heteroatoms. The van der Waals surface area contributed by atoms with Gasteiger partial charge in [0.15, 0.2) is 0 Å². The minimum Gasteiger partial charge on any atom is -0.168 e. The molecule has 1 radical (unpaired) electrons. The predicted molar refractivity (Wildman–Crippen MR) is 198 cm³/mol. The Kier molecular flexibility index (Phi) is 17.9. The summed E-state index contributed by atoms with van der Waals surface area (Å²) in [6.45, 7) is 23.3. The molecule has 2 aliphatic carbocycles. The molecule has 0 atom stereocenters. The Balaban J connectivity index is 0.000000355. The standard InChI is InChI=1S/C20H30.C13H9.C9H7.4ClH.2Zr/c1-11-13(3)17(19(7,8)15(11)5)18-14(4)12(2)16(6)20(18,9)10;1-3-7-12-10(5-1)9-11-6-2-4-8-13(11)12;1-2-5-9-7-3-6-8(9)4-1;;;;;;/h1-10H3;1-9H;1-7H;4*1H;;/q;2*-1;;;;;+2;+3/p-4. The first-order chi connectivity index (χ1) is 21.3. The van der Waals surface area contributed by atoms with Crippen molar-refractivity contribution in [2.45, 2.75) is 69.2 Å². The van der Waals surface area contributed by atoms with E-state index in [2.05, 4.69) is 166 Å². The van der Waals surface area contributed by atoms with Gasteiger partial charge in [-0.05, 0) is 75.0 Å². The normalized spacial score (nSPS) is 15.8. The van der Waals surface area contributed by atoms with Gasteiger partial charge in [0.05, 0.1) is 0 Å². The van der Waals surface area contributed by atoms with Crippen LogP contribution in [0.1, 0.15) is 69.2 Å². The van der Waals surface area contributed by atoms with Crippen molar-refractivity contribution in [1.29, 1.82) is 0 Å². The summed E-state index contributed by atoms with van der Waals surface area (Å²) in [5.41, 5.74) is 12.5. The van der Waals surface area contributed by atoms with Crippen LogP contribution in [0, 0.1) is 10.8 Å². The van der Waals surface area contributed by atoms with Gasteiger partial charge >= 0.3 is 64.1 Å². The van der Waals surface area contributed by atoms with Crippen LogP contribution in [-0.4, -0.2) is 0 Å². The van der Waals surface area contributed by atoms with E-state index in [1.165, 1.54) is 65.8 Å². The van der Waals surface area contributed by atoms with E-state index in [-0.39, 0.29) is 61.8 Å². The van der Waals surface area contributed by atoms with Crippen molar-refractivity contribution in [3.05, 3.63) is 142 Å². The molecule has 0 unspecified atom stereocenters. The smallest absolute Gasteiger partial charge is 0.168 e. The number of fused-ring (bicyclic) bond motifs is 4. The summed E-state index contributed by atoms with van der Waals surface area (Å²) in [6, 6.07) is 33.9. The Morgan fingerprint density at radius 3 is 1.23 bits per heavy atom. The molecule has 2 aliphatic rings. The summed E-state index contributed by atoms with van der Waals surface area (Å²) < 4.78 is 0. The Bertz CT molecular complexity index is 1820. The minimum atomic E-state index is -0.826. The van der Waals surface area contributed by atoms with Gasteiger partial charge in [-0.25, -0.2) is 0 Å². The van der Waals surface area contributed by atoms with Crippen LogP contribution < -0.4 is 24.8 Å². The van der Waals surface area contributed by atoms with Crippen molar-refractivity contribution < 1.29 is 71.9 Å². The van der Waals surface area contributed by atoms with Gasteiger partial charge in [0, 0.05) is 10.8 Å². The molecule has 0 saturated heterocycles. The van der Waals surface area contributed by atoms with E-state index >= 15 is 0 Å². The van der Waals surface area contributed by atoms with Gasteiger partial charge in [-0.15, -0.1) is 69.4 Å². The molecular weight excluding hydrogens is 829 g/mol. The largest absolute Gasteiger partial charge is 3.00 e. The van der Waals surface area contributed by atoms with Crippen LogP contribution in [0.25, 0.3) is 32.3 Å². The molecule has 0 fully saturated rings. The maximum atomic E-state index is 4.93. The Morgan fingerprint density at radius 2 is 0.875 bits per heavy atom. The Labute approximate surface area is 339 Å². The van der Waals surface area contributed by atoms with E-state index in [9.17, 15) is 0 Å². The minimum absolute atomic E-state index is 0. The molecule has 0 N–H and O–H groups in total. The zero-order valence-electron chi connectivity index (χ0n) is 29.7. The Hall–Kier alpha value is -0.974. The molecule has 0 spiro atoms. The molecular formula is C42H46Cl4Zr2-. The number of rotatable bonds is 1.